The highest BCUT2D eigenvalue weighted by Gasteiger charge is 2.20. The van der Waals surface area contributed by atoms with Crippen LogP contribution in [0.4, 0.5) is 0 Å². The lowest BCUT2D eigenvalue weighted by Gasteiger charge is -2.27. The van der Waals surface area contributed by atoms with Crippen LogP contribution < -0.4 is 11.5 Å². The predicted molar refractivity (Wildman–Crippen MR) is 52.2 cm³/mol. The summed E-state index contributed by atoms with van der Waals surface area (Å²) in [5.74, 6) is -0.675. The average Bonchev–Trinajstić information content (AvgIpc) is 2.19. The fourth-order valence-corrected chi connectivity index (χ4v) is 1.56. The molecule has 5 nitrogen and oxygen atoms in total. The third-order valence-electron chi connectivity index (χ3n) is 2.47. The summed E-state index contributed by atoms with van der Waals surface area (Å²) in [6.07, 6.45) is 3.29. The zero-order valence-electron chi connectivity index (χ0n) is 8.24. The number of carbonyl (C=O) groups excluding carboxylic acids is 2. The fraction of sp³-hybridized carbons (Fsp3) is 0.778. The van der Waals surface area contributed by atoms with Crippen molar-refractivity contribution in [2.75, 3.05) is 13.1 Å². The van der Waals surface area contributed by atoms with Crippen molar-refractivity contribution >= 4 is 11.8 Å². The monoisotopic (exact) mass is 199 g/mol. The van der Waals surface area contributed by atoms with Crippen molar-refractivity contribution in [1.82, 2.24) is 4.90 Å². The number of rotatable bonds is 3. The van der Waals surface area contributed by atoms with Crippen LogP contribution >= 0.6 is 0 Å². The van der Waals surface area contributed by atoms with E-state index in [4.69, 9.17) is 11.5 Å². The molecule has 1 heterocycles. The van der Waals surface area contributed by atoms with Gasteiger partial charge in [0.25, 0.3) is 0 Å². The number of primary amides is 1. The number of carbonyl (C=O) groups is 2. The number of nitrogens with two attached hydrogens (primary N) is 2. The Kier molecular flexibility index (Phi) is 3.88. The van der Waals surface area contributed by atoms with Crippen molar-refractivity contribution in [3.63, 3.8) is 0 Å². The minimum Gasteiger partial charge on any atom is -0.368 e. The van der Waals surface area contributed by atoms with Gasteiger partial charge >= 0.3 is 0 Å². The highest BCUT2D eigenvalue weighted by Crippen LogP contribution is 2.10. The van der Waals surface area contributed by atoms with Gasteiger partial charge in [0.15, 0.2) is 0 Å². The van der Waals surface area contributed by atoms with E-state index in [0.29, 0.717) is 0 Å². The van der Waals surface area contributed by atoms with Crippen molar-refractivity contribution < 1.29 is 9.59 Å². The van der Waals surface area contributed by atoms with Gasteiger partial charge in [0.05, 0.1) is 12.5 Å². The summed E-state index contributed by atoms with van der Waals surface area (Å²) < 4.78 is 0. The Morgan fingerprint density at radius 2 is 1.79 bits per heavy atom. The van der Waals surface area contributed by atoms with Crippen LogP contribution in [0.15, 0.2) is 0 Å². The summed E-state index contributed by atoms with van der Waals surface area (Å²) in [5.41, 5.74) is 10.4. The van der Waals surface area contributed by atoms with Crippen LogP contribution in [0.2, 0.25) is 0 Å². The van der Waals surface area contributed by atoms with Gasteiger partial charge in [-0.3, -0.25) is 9.59 Å². The van der Waals surface area contributed by atoms with Crippen LogP contribution in [-0.2, 0) is 9.59 Å². The number of hydrogen-bond donors (Lipinski definition) is 2. The summed E-state index contributed by atoms with van der Waals surface area (Å²) in [4.78, 5) is 24.0. The molecule has 0 aromatic heterocycles. The normalized spacial score (nSPS) is 19.1. The number of nitrogens with zero attached hydrogens (tertiary/aromatic N) is 1. The first-order chi connectivity index (χ1) is 6.61. The lowest BCUT2D eigenvalue weighted by Crippen LogP contribution is -2.43. The van der Waals surface area contributed by atoms with E-state index in [9.17, 15) is 9.59 Å². The van der Waals surface area contributed by atoms with Gasteiger partial charge in [-0.05, 0) is 19.3 Å². The summed E-state index contributed by atoms with van der Waals surface area (Å²) >= 11 is 0. The predicted octanol–water partition coefficient (Wildman–Crippen LogP) is -0.798. The molecule has 0 aromatic rings. The van der Waals surface area contributed by atoms with Crippen molar-refractivity contribution in [3.05, 3.63) is 0 Å². The van der Waals surface area contributed by atoms with Crippen LogP contribution in [-0.4, -0.2) is 35.8 Å². The number of amides is 2. The number of piperidine rings is 1. The molecule has 1 atom stereocenters. The largest absolute Gasteiger partial charge is 0.368 e. The van der Waals surface area contributed by atoms with E-state index in [0.717, 1.165) is 25.9 Å². The quantitative estimate of drug-likeness (QED) is 0.623. The highest BCUT2D eigenvalue weighted by molar-refractivity contribution is 5.87. The molecule has 2 amide bonds. The molecule has 0 saturated carbocycles. The molecule has 4 N–H and O–H groups in total. The van der Waals surface area contributed by atoms with Crippen LogP contribution in [0.5, 0.6) is 0 Å². The Hall–Kier alpha value is -1.10. The van der Waals surface area contributed by atoms with Gasteiger partial charge in [-0.2, -0.15) is 0 Å². The molecule has 1 rings (SSSR count). The molecule has 5 heteroatoms. The van der Waals surface area contributed by atoms with E-state index in [2.05, 4.69) is 0 Å². The Bertz CT molecular complexity index is 224. The third-order valence-corrected chi connectivity index (χ3v) is 2.47. The molecule has 14 heavy (non-hydrogen) atoms. The van der Waals surface area contributed by atoms with Crippen LogP contribution in [0, 0.1) is 0 Å². The molecule has 80 valence electrons. The average molecular weight is 199 g/mol. The van der Waals surface area contributed by atoms with Gasteiger partial charge < -0.3 is 16.4 Å². The Morgan fingerprint density at radius 3 is 2.29 bits per heavy atom. The highest BCUT2D eigenvalue weighted by atomic mass is 16.2. The SMILES string of the molecule is NC(=O)C(N)CC(=O)N1CCCCC1. The molecule has 1 unspecified atom stereocenters. The molecule has 0 aromatic carbocycles. The van der Waals surface area contributed by atoms with E-state index in [1.165, 1.54) is 6.42 Å². The van der Waals surface area contributed by atoms with Crippen LogP contribution in [0.1, 0.15) is 25.7 Å². The molecule has 1 aliphatic heterocycles. The smallest absolute Gasteiger partial charge is 0.234 e. The number of hydrogen-bond acceptors (Lipinski definition) is 3. The first kappa shape index (κ1) is 11.0. The summed E-state index contributed by atoms with van der Waals surface area (Å²) in [6.45, 7) is 1.56. The summed E-state index contributed by atoms with van der Waals surface area (Å²) in [5, 5.41) is 0. The lowest BCUT2D eigenvalue weighted by atomic mass is 10.1. The second kappa shape index (κ2) is 4.95. The van der Waals surface area contributed by atoms with Gasteiger partial charge in [-0.1, -0.05) is 0 Å². The van der Waals surface area contributed by atoms with Crippen LogP contribution in [0.3, 0.4) is 0 Å². The van der Waals surface area contributed by atoms with Gasteiger partial charge in [0.2, 0.25) is 11.8 Å². The Labute approximate surface area is 83.4 Å². The summed E-state index contributed by atoms with van der Waals surface area (Å²) in [7, 11) is 0. The molecule has 0 aliphatic carbocycles. The number of likely N-dealkylation sites (tertiary alicyclic amines) is 1. The van der Waals surface area contributed by atoms with E-state index in [1.807, 2.05) is 0 Å². The topological polar surface area (TPSA) is 89.4 Å². The maximum atomic E-state index is 11.6. The van der Waals surface area contributed by atoms with Crippen molar-refractivity contribution in [3.8, 4) is 0 Å². The molecule has 0 spiro atoms. The first-order valence-corrected chi connectivity index (χ1v) is 4.94. The molecule has 1 fully saturated rings. The second-order valence-electron chi connectivity index (χ2n) is 3.65. The molecular weight excluding hydrogens is 182 g/mol. The third kappa shape index (κ3) is 2.99. The second-order valence-corrected chi connectivity index (χ2v) is 3.65. The Balaban J connectivity index is 2.36. The zero-order chi connectivity index (χ0) is 10.6. The van der Waals surface area contributed by atoms with E-state index in [1.54, 1.807) is 4.90 Å². The van der Waals surface area contributed by atoms with Gasteiger partial charge in [0, 0.05) is 13.1 Å². The maximum absolute atomic E-state index is 11.6. The van der Waals surface area contributed by atoms with Gasteiger partial charge in [0.1, 0.15) is 0 Å². The lowest BCUT2D eigenvalue weighted by molar-refractivity contribution is -0.134. The first-order valence-electron chi connectivity index (χ1n) is 4.94. The minimum absolute atomic E-state index is 0.0370. The standard InChI is InChI=1S/C9H17N3O2/c10-7(9(11)14)6-8(13)12-4-2-1-3-5-12/h7H,1-6,10H2,(H2,11,14). The zero-order valence-corrected chi connectivity index (χ0v) is 8.24. The molecule has 1 aliphatic rings. The molecule has 1 saturated heterocycles. The van der Waals surface area contributed by atoms with Crippen molar-refractivity contribution in [2.24, 2.45) is 11.5 Å². The molecule has 0 bridgehead atoms. The van der Waals surface area contributed by atoms with E-state index < -0.39 is 11.9 Å². The van der Waals surface area contributed by atoms with Crippen molar-refractivity contribution in [1.29, 1.82) is 0 Å². The van der Waals surface area contributed by atoms with Crippen molar-refractivity contribution in [2.45, 2.75) is 31.7 Å². The summed E-state index contributed by atoms with van der Waals surface area (Å²) in [6, 6.07) is -0.843. The fourth-order valence-electron chi connectivity index (χ4n) is 1.56. The van der Waals surface area contributed by atoms with E-state index in [-0.39, 0.29) is 12.3 Å². The van der Waals surface area contributed by atoms with Crippen LogP contribution in [0.25, 0.3) is 0 Å². The molecule has 0 radical (unpaired) electrons. The molecular formula is C9H17N3O2. The minimum atomic E-state index is -0.843. The van der Waals surface area contributed by atoms with Gasteiger partial charge in [-0.25, -0.2) is 0 Å². The van der Waals surface area contributed by atoms with E-state index >= 15 is 0 Å². The maximum Gasteiger partial charge on any atom is 0.234 e. The van der Waals surface area contributed by atoms with Gasteiger partial charge in [-0.15, -0.1) is 0 Å². The Morgan fingerprint density at radius 1 is 1.21 bits per heavy atom.